The van der Waals surface area contributed by atoms with Crippen LogP contribution in [0.4, 0.5) is 11.4 Å². The number of hydrogen-bond donors (Lipinski definition) is 1. The molecule has 0 aromatic heterocycles. The minimum absolute atomic E-state index is 0.156. The maximum atomic E-state index is 13.6. The van der Waals surface area contributed by atoms with Gasteiger partial charge in [-0.25, -0.2) is 8.42 Å². The van der Waals surface area contributed by atoms with Crippen molar-refractivity contribution in [2.24, 2.45) is 0 Å². The van der Waals surface area contributed by atoms with Crippen molar-refractivity contribution in [1.82, 2.24) is 0 Å². The van der Waals surface area contributed by atoms with Crippen molar-refractivity contribution in [1.29, 1.82) is 0 Å². The van der Waals surface area contributed by atoms with E-state index >= 15 is 0 Å². The van der Waals surface area contributed by atoms with Gasteiger partial charge < -0.3 is 5.32 Å². The number of carbonyl (C=O) groups is 1. The number of sulfonamides is 1. The monoisotopic (exact) mass is 464 g/mol. The fourth-order valence-electron chi connectivity index (χ4n) is 3.96. The van der Waals surface area contributed by atoms with Gasteiger partial charge in [0.15, 0.2) is 0 Å². The van der Waals surface area contributed by atoms with Crippen LogP contribution in [-0.2, 0) is 27.7 Å². The van der Waals surface area contributed by atoms with Crippen molar-refractivity contribution < 1.29 is 13.2 Å². The summed E-state index contributed by atoms with van der Waals surface area (Å²) < 4.78 is 28.5. The Hall–Kier alpha value is -3.12. The second-order valence-corrected chi connectivity index (χ2v) is 10.2. The third-order valence-corrected chi connectivity index (χ3v) is 7.44. The maximum absolute atomic E-state index is 13.6. The summed E-state index contributed by atoms with van der Waals surface area (Å²) in [6.07, 6.45) is 1.54. The fraction of sp³-hybridized carbons (Fsp3) is 0.296. The standard InChI is InChI=1S/C27H32N2O3S/c1-6-22-9-8-10-23(7-2)27(22)28-26(30)18-29(24-16-20(4)15-21(5)17-24)33(31,32)25-13-11-19(3)12-14-25/h8-17H,6-7,18H2,1-5H3,(H,28,30). The maximum Gasteiger partial charge on any atom is 0.264 e. The molecule has 0 aliphatic carbocycles. The van der Waals surface area contributed by atoms with E-state index in [2.05, 4.69) is 5.32 Å². The van der Waals surface area contributed by atoms with Gasteiger partial charge in [0.2, 0.25) is 5.91 Å². The molecule has 0 spiro atoms. The van der Waals surface area contributed by atoms with E-state index in [1.165, 1.54) is 4.31 Å². The van der Waals surface area contributed by atoms with Gasteiger partial charge >= 0.3 is 0 Å². The summed E-state index contributed by atoms with van der Waals surface area (Å²) >= 11 is 0. The molecule has 0 aliphatic heterocycles. The van der Waals surface area contributed by atoms with E-state index in [4.69, 9.17) is 0 Å². The van der Waals surface area contributed by atoms with Crippen LogP contribution in [-0.4, -0.2) is 20.9 Å². The van der Waals surface area contributed by atoms with E-state index < -0.39 is 10.0 Å². The minimum atomic E-state index is -3.95. The summed E-state index contributed by atoms with van der Waals surface area (Å²) in [6.45, 7) is 9.49. The zero-order chi connectivity index (χ0) is 24.2. The third-order valence-electron chi connectivity index (χ3n) is 5.65. The fourth-order valence-corrected chi connectivity index (χ4v) is 5.36. The van der Waals surface area contributed by atoms with Crippen LogP contribution >= 0.6 is 0 Å². The van der Waals surface area contributed by atoms with Gasteiger partial charge in [0.1, 0.15) is 6.54 Å². The highest BCUT2D eigenvalue weighted by molar-refractivity contribution is 7.92. The summed E-state index contributed by atoms with van der Waals surface area (Å²) in [5, 5.41) is 3.00. The summed E-state index contributed by atoms with van der Waals surface area (Å²) in [5.41, 5.74) is 6.14. The summed E-state index contributed by atoms with van der Waals surface area (Å²) in [6, 6.07) is 18.2. The Labute approximate surface area is 197 Å². The van der Waals surface area contributed by atoms with Gasteiger partial charge in [0, 0.05) is 5.69 Å². The molecule has 3 aromatic rings. The van der Waals surface area contributed by atoms with Crippen molar-refractivity contribution in [3.05, 3.63) is 88.5 Å². The molecule has 0 unspecified atom stereocenters. The molecule has 174 valence electrons. The summed E-state index contributed by atoms with van der Waals surface area (Å²) in [7, 11) is -3.95. The Bertz CT molecular complexity index is 1210. The van der Waals surface area contributed by atoms with Gasteiger partial charge in [-0.1, -0.05) is 55.8 Å². The number of benzene rings is 3. The van der Waals surface area contributed by atoms with Crippen molar-refractivity contribution in [2.75, 3.05) is 16.2 Å². The second-order valence-electron chi connectivity index (χ2n) is 8.38. The average molecular weight is 465 g/mol. The Kier molecular flexibility index (Phi) is 7.59. The number of rotatable bonds is 8. The van der Waals surface area contributed by atoms with Crippen LogP contribution in [0.3, 0.4) is 0 Å². The molecule has 0 fully saturated rings. The number of para-hydroxylation sites is 1. The summed E-state index contributed by atoms with van der Waals surface area (Å²) in [4.78, 5) is 13.4. The van der Waals surface area contributed by atoms with Crippen LogP contribution in [0.5, 0.6) is 0 Å². The van der Waals surface area contributed by atoms with Gasteiger partial charge in [-0.3, -0.25) is 9.10 Å². The molecule has 5 nitrogen and oxygen atoms in total. The van der Waals surface area contributed by atoms with Crippen molar-refractivity contribution in [3.8, 4) is 0 Å². The smallest absolute Gasteiger partial charge is 0.264 e. The summed E-state index contributed by atoms with van der Waals surface area (Å²) in [5.74, 6) is -0.375. The SMILES string of the molecule is CCc1cccc(CC)c1NC(=O)CN(c1cc(C)cc(C)c1)S(=O)(=O)c1ccc(C)cc1. The lowest BCUT2D eigenvalue weighted by Gasteiger charge is -2.25. The lowest BCUT2D eigenvalue weighted by molar-refractivity contribution is -0.114. The lowest BCUT2D eigenvalue weighted by atomic mass is 10.0. The van der Waals surface area contributed by atoms with Gasteiger partial charge in [-0.05, 0) is 80.1 Å². The second kappa shape index (κ2) is 10.2. The molecule has 0 bridgehead atoms. The van der Waals surface area contributed by atoms with E-state index in [0.717, 1.165) is 46.3 Å². The average Bonchev–Trinajstić information content (AvgIpc) is 2.77. The first kappa shape index (κ1) is 24.5. The number of nitrogens with one attached hydrogen (secondary N) is 1. The molecule has 3 aromatic carbocycles. The molecule has 0 heterocycles. The molecule has 1 amide bonds. The van der Waals surface area contributed by atoms with Crippen molar-refractivity contribution >= 4 is 27.3 Å². The van der Waals surface area contributed by atoms with Crippen LogP contribution in [0.1, 0.15) is 41.7 Å². The Morgan fingerprint density at radius 1 is 0.818 bits per heavy atom. The zero-order valence-electron chi connectivity index (χ0n) is 20.0. The predicted molar refractivity (Wildman–Crippen MR) is 135 cm³/mol. The van der Waals surface area contributed by atoms with Crippen LogP contribution in [0.25, 0.3) is 0 Å². The Morgan fingerprint density at radius 2 is 1.36 bits per heavy atom. The van der Waals surface area contributed by atoms with Crippen molar-refractivity contribution in [3.63, 3.8) is 0 Å². The van der Waals surface area contributed by atoms with Gasteiger partial charge in [-0.2, -0.15) is 0 Å². The molecule has 0 radical (unpaired) electrons. The third kappa shape index (κ3) is 5.63. The number of carbonyl (C=O) groups excluding carboxylic acids is 1. The number of hydrogen-bond acceptors (Lipinski definition) is 3. The predicted octanol–water partition coefficient (Wildman–Crippen LogP) is 5.57. The molecule has 0 saturated heterocycles. The first-order valence-corrected chi connectivity index (χ1v) is 12.7. The first-order chi connectivity index (χ1) is 15.6. The van der Waals surface area contributed by atoms with Crippen LogP contribution in [0.2, 0.25) is 0 Å². The largest absolute Gasteiger partial charge is 0.324 e. The quantitative estimate of drug-likeness (QED) is 0.474. The Morgan fingerprint density at radius 3 is 1.88 bits per heavy atom. The molecule has 0 saturated carbocycles. The molecule has 6 heteroatoms. The van der Waals surface area contributed by atoms with E-state index in [1.54, 1.807) is 36.4 Å². The van der Waals surface area contributed by atoms with Gasteiger partial charge in [0.25, 0.3) is 10.0 Å². The van der Waals surface area contributed by atoms with E-state index in [-0.39, 0.29) is 17.3 Å². The normalized spacial score (nSPS) is 11.3. The van der Waals surface area contributed by atoms with Crippen molar-refractivity contribution in [2.45, 2.75) is 52.4 Å². The minimum Gasteiger partial charge on any atom is -0.324 e. The molecule has 3 rings (SSSR count). The number of nitrogens with zero attached hydrogens (tertiary/aromatic N) is 1. The molecule has 1 N–H and O–H groups in total. The molecule has 0 aliphatic rings. The van der Waals surface area contributed by atoms with E-state index in [9.17, 15) is 13.2 Å². The topological polar surface area (TPSA) is 66.5 Å². The molecule has 0 atom stereocenters. The number of amides is 1. The molecule has 33 heavy (non-hydrogen) atoms. The first-order valence-electron chi connectivity index (χ1n) is 11.2. The molecular formula is C27H32N2O3S. The number of anilines is 2. The highest BCUT2D eigenvalue weighted by Gasteiger charge is 2.28. The van der Waals surface area contributed by atoms with E-state index in [0.29, 0.717) is 5.69 Å². The Balaban J connectivity index is 2.02. The lowest BCUT2D eigenvalue weighted by Crippen LogP contribution is -2.38. The highest BCUT2D eigenvalue weighted by atomic mass is 32.2. The van der Waals surface area contributed by atoms with Crippen LogP contribution < -0.4 is 9.62 Å². The van der Waals surface area contributed by atoms with Crippen LogP contribution in [0, 0.1) is 20.8 Å². The highest BCUT2D eigenvalue weighted by Crippen LogP contribution is 2.27. The van der Waals surface area contributed by atoms with Gasteiger partial charge in [-0.15, -0.1) is 0 Å². The molecular weight excluding hydrogens is 432 g/mol. The zero-order valence-corrected chi connectivity index (χ0v) is 20.8. The van der Waals surface area contributed by atoms with Crippen LogP contribution in [0.15, 0.2) is 65.6 Å². The van der Waals surface area contributed by atoms with E-state index in [1.807, 2.05) is 58.9 Å². The number of aryl methyl sites for hydroxylation is 5. The van der Waals surface area contributed by atoms with Gasteiger partial charge in [0.05, 0.1) is 10.6 Å².